The number of nitriles is 1. The number of anilines is 1. The van der Waals surface area contributed by atoms with Gasteiger partial charge in [-0.15, -0.1) is 11.3 Å². The van der Waals surface area contributed by atoms with Gasteiger partial charge in [-0.1, -0.05) is 44.9 Å². The number of rotatable bonds is 10. The number of fused-ring (bicyclic) bond motifs is 3. The van der Waals surface area contributed by atoms with E-state index in [4.69, 9.17) is 19.4 Å². The van der Waals surface area contributed by atoms with Crippen LogP contribution in [0.1, 0.15) is 101 Å². The normalized spacial score (nSPS) is 25.3. The lowest BCUT2D eigenvalue weighted by atomic mass is 10.0. The zero-order valence-corrected chi connectivity index (χ0v) is 37.3. The first-order valence-corrected chi connectivity index (χ1v) is 23.7. The van der Waals surface area contributed by atoms with Crippen LogP contribution in [-0.4, -0.2) is 83.1 Å². The number of hydrogen-bond acceptors (Lipinski definition) is 12. The summed E-state index contributed by atoms with van der Waals surface area (Å²) in [5.74, 6) is -0.722. The summed E-state index contributed by atoms with van der Waals surface area (Å²) in [7, 11) is -2.39. The predicted octanol–water partition coefficient (Wildman–Crippen LogP) is 6.89. The van der Waals surface area contributed by atoms with Gasteiger partial charge in [0, 0.05) is 40.4 Å². The van der Waals surface area contributed by atoms with Gasteiger partial charge < -0.3 is 25.0 Å². The van der Waals surface area contributed by atoms with Crippen LogP contribution in [0.5, 0.6) is 11.5 Å². The Bertz CT molecular complexity index is 2600. The predicted molar refractivity (Wildman–Crippen MR) is 237 cm³/mol. The van der Waals surface area contributed by atoms with E-state index in [1.807, 2.05) is 42.7 Å². The highest BCUT2D eigenvalue weighted by Gasteiger charge is 2.63. The number of pyridine rings is 1. The smallest absolute Gasteiger partial charge is 0.259 e. The summed E-state index contributed by atoms with van der Waals surface area (Å²) < 4.78 is 40.4. The van der Waals surface area contributed by atoms with Crippen LogP contribution in [0.25, 0.3) is 21.6 Å². The molecule has 1 saturated heterocycles. The summed E-state index contributed by atoms with van der Waals surface area (Å²) in [5, 5.41) is 19.4. The molecule has 326 valence electrons. The summed E-state index contributed by atoms with van der Waals surface area (Å²) in [5.41, 5.74) is 2.57. The van der Waals surface area contributed by atoms with Crippen molar-refractivity contribution in [1.82, 2.24) is 24.9 Å². The molecule has 0 unspecified atom stereocenters. The van der Waals surface area contributed by atoms with E-state index in [1.165, 1.54) is 16.2 Å². The number of aromatic nitrogens is 2. The average molecular weight is 880 g/mol. The Morgan fingerprint density at radius 2 is 1.90 bits per heavy atom. The molecule has 4 heterocycles. The van der Waals surface area contributed by atoms with Crippen molar-refractivity contribution in [3.8, 4) is 28.3 Å². The van der Waals surface area contributed by atoms with Crippen molar-refractivity contribution < 1.29 is 32.3 Å². The quantitative estimate of drug-likeness (QED) is 0.141. The molecule has 2 aromatic carbocycles. The van der Waals surface area contributed by atoms with Crippen molar-refractivity contribution in [1.29, 1.82) is 5.26 Å². The summed E-state index contributed by atoms with van der Waals surface area (Å²) in [6, 6.07) is 12.9. The van der Waals surface area contributed by atoms with Crippen LogP contribution in [0.4, 0.5) is 5.69 Å². The molecule has 0 spiro atoms. The van der Waals surface area contributed by atoms with Gasteiger partial charge in [0.25, 0.3) is 5.91 Å². The zero-order valence-electron chi connectivity index (χ0n) is 35.7. The van der Waals surface area contributed by atoms with E-state index in [0.29, 0.717) is 53.2 Å². The Hall–Kier alpha value is -5.53. The summed E-state index contributed by atoms with van der Waals surface area (Å²) in [6.45, 7) is 7.75. The van der Waals surface area contributed by atoms with Gasteiger partial charge in [0.1, 0.15) is 45.9 Å². The molecule has 0 radical (unpaired) electrons. The number of carbonyl (C=O) groups is 3. The van der Waals surface area contributed by atoms with Gasteiger partial charge in [0.2, 0.25) is 21.8 Å². The van der Waals surface area contributed by atoms with Crippen molar-refractivity contribution in [2.75, 3.05) is 19.0 Å². The molecular weight excluding hydrogens is 827 g/mol. The molecule has 3 fully saturated rings. The first-order valence-electron chi connectivity index (χ1n) is 21.4. The lowest BCUT2D eigenvalue weighted by Gasteiger charge is -2.30. The Labute approximate surface area is 366 Å². The van der Waals surface area contributed by atoms with Crippen LogP contribution in [0.2, 0.25) is 0 Å². The van der Waals surface area contributed by atoms with Crippen LogP contribution in [-0.2, 0) is 24.4 Å². The van der Waals surface area contributed by atoms with Crippen molar-refractivity contribution in [3.63, 3.8) is 0 Å². The molecule has 4 aliphatic rings. The number of allylic oxidation sites excluding steroid dienone is 1. The lowest BCUT2D eigenvalue weighted by molar-refractivity contribution is -0.140. The largest absolute Gasteiger partial charge is 0.496 e. The topological polar surface area (TPSA) is 193 Å². The van der Waals surface area contributed by atoms with Gasteiger partial charge in [0.15, 0.2) is 0 Å². The van der Waals surface area contributed by atoms with E-state index in [2.05, 4.69) is 35.3 Å². The third-order valence-electron chi connectivity index (χ3n) is 12.8. The average Bonchev–Trinajstić information content (AvgIpc) is 4.02. The highest BCUT2D eigenvalue weighted by atomic mass is 32.2. The van der Waals surface area contributed by atoms with Gasteiger partial charge in [-0.25, -0.2) is 18.4 Å². The number of thiazole rings is 1. The number of methoxy groups -OCH3 is 1. The van der Waals surface area contributed by atoms with Gasteiger partial charge in [0.05, 0.1) is 41.2 Å². The molecule has 0 bridgehead atoms. The van der Waals surface area contributed by atoms with Crippen LogP contribution < -0.4 is 24.8 Å². The molecule has 3 amide bonds. The molecule has 62 heavy (non-hydrogen) atoms. The lowest BCUT2D eigenvalue weighted by Crippen LogP contribution is -2.58. The molecule has 2 saturated carbocycles. The minimum Gasteiger partial charge on any atom is -0.496 e. The molecule has 5 atom stereocenters. The maximum Gasteiger partial charge on any atom is 0.259 e. The highest BCUT2D eigenvalue weighted by Crippen LogP contribution is 2.48. The van der Waals surface area contributed by atoms with E-state index >= 15 is 0 Å². The second-order valence-corrected chi connectivity index (χ2v) is 20.7. The number of hydrogen-bond donors (Lipinski definition) is 3. The summed E-state index contributed by atoms with van der Waals surface area (Å²) >= 11 is 1.49. The molecule has 2 aliphatic heterocycles. The second kappa shape index (κ2) is 17.0. The Kier molecular flexibility index (Phi) is 11.8. The fraction of sp³-hybridized carbons (Fsp3) is 0.478. The Morgan fingerprint density at radius 3 is 2.63 bits per heavy atom. The SMILES string of the molecule is COc1ccc2c(O[C@@H]3C[C@H]4C(=O)N[C@]5(C(=O)NS(=O)(=O)C6(C)CC6)C[C@@H]5/C=C\CCCCC[C@H](Nc5cccc(C#N)c5)C(=O)N4C3)cc(-c3nc(C(C)C)cs3)nc2c1C. The molecule has 16 heteroatoms. The fourth-order valence-corrected chi connectivity index (χ4v) is 10.7. The minimum absolute atomic E-state index is 0.0473. The number of amides is 3. The second-order valence-electron chi connectivity index (χ2n) is 17.6. The van der Waals surface area contributed by atoms with Gasteiger partial charge >= 0.3 is 0 Å². The van der Waals surface area contributed by atoms with Crippen LogP contribution in [0.15, 0.2) is 60.0 Å². The van der Waals surface area contributed by atoms with Crippen molar-refractivity contribution >= 4 is 55.7 Å². The molecule has 2 aromatic heterocycles. The van der Waals surface area contributed by atoms with Gasteiger partial charge in [-0.2, -0.15) is 5.26 Å². The van der Waals surface area contributed by atoms with E-state index in [9.17, 15) is 28.1 Å². The van der Waals surface area contributed by atoms with Crippen LogP contribution in [0.3, 0.4) is 0 Å². The van der Waals surface area contributed by atoms with E-state index in [0.717, 1.165) is 47.3 Å². The van der Waals surface area contributed by atoms with Crippen LogP contribution in [0, 0.1) is 24.2 Å². The molecular formula is C46H53N7O7S2. The van der Waals surface area contributed by atoms with Crippen LogP contribution >= 0.6 is 11.3 Å². The van der Waals surface area contributed by atoms with E-state index in [1.54, 1.807) is 38.3 Å². The molecule has 3 N–H and O–H groups in total. The Morgan fingerprint density at radius 1 is 1.10 bits per heavy atom. The number of carbonyl (C=O) groups excluding carboxylic acids is 3. The maximum absolute atomic E-state index is 15.0. The number of nitrogens with zero attached hydrogens (tertiary/aromatic N) is 4. The van der Waals surface area contributed by atoms with Crippen molar-refractivity contribution in [2.24, 2.45) is 5.92 Å². The third-order valence-corrected chi connectivity index (χ3v) is 15.8. The standard InChI is InChI=1S/C46H53N7O7S2/c1-27(2)36-26-61-42(50-36)35-22-39(33-16-17-38(59-5)28(3)40(33)49-35)60-32-21-37-41(54)51-46(44(56)52-62(57,58)45(4)18-19-45)23-30(46)13-9-7-6-8-10-15-34(43(55)53(37)25-32)48-31-14-11-12-29(20-31)24-47/h9,11-14,16-17,20,22,26-27,30,32,34,37,48H,6-8,10,15,18-19,21,23,25H2,1-5H3,(H,51,54)(H,52,56)/b13-9-/t30-,32+,34-,37-,46+/m0/s1. The third kappa shape index (κ3) is 8.49. The molecule has 4 aromatic rings. The first-order chi connectivity index (χ1) is 29.6. The number of aryl methyl sites for hydroxylation is 1. The van der Waals surface area contributed by atoms with Crippen molar-refractivity contribution in [3.05, 3.63) is 76.8 Å². The van der Waals surface area contributed by atoms with E-state index in [-0.39, 0.29) is 31.2 Å². The zero-order chi connectivity index (χ0) is 44.0. The molecule has 8 rings (SSSR count). The summed E-state index contributed by atoms with van der Waals surface area (Å²) in [4.78, 5) is 55.2. The van der Waals surface area contributed by atoms with E-state index < -0.39 is 56.2 Å². The minimum atomic E-state index is -4.00. The molecule has 14 nitrogen and oxygen atoms in total. The number of ether oxygens (including phenoxy) is 2. The van der Waals surface area contributed by atoms with Gasteiger partial charge in [-0.3, -0.25) is 19.1 Å². The van der Waals surface area contributed by atoms with Crippen molar-refractivity contribution in [2.45, 2.75) is 120 Å². The maximum atomic E-state index is 15.0. The highest BCUT2D eigenvalue weighted by molar-refractivity contribution is 7.91. The summed E-state index contributed by atoms with van der Waals surface area (Å²) in [6.07, 6.45) is 7.98. The van der Waals surface area contributed by atoms with Gasteiger partial charge in [-0.05, 0) is 88.6 Å². The fourth-order valence-electron chi connectivity index (χ4n) is 8.48. The molecule has 2 aliphatic carbocycles. The monoisotopic (exact) mass is 879 g/mol. The number of sulfonamides is 1. The number of nitrogens with one attached hydrogen (secondary N) is 3. The number of benzene rings is 2. The Balaban J connectivity index is 1.16. The first kappa shape index (κ1) is 43.1.